The van der Waals surface area contributed by atoms with Gasteiger partial charge in [0.15, 0.2) is 0 Å². The van der Waals surface area contributed by atoms with Crippen LogP contribution in [-0.4, -0.2) is 37.1 Å². The van der Waals surface area contributed by atoms with Gasteiger partial charge < -0.3 is 10.2 Å². The summed E-state index contributed by atoms with van der Waals surface area (Å²) in [5.41, 5.74) is 2.28. The Hall–Kier alpha value is -4.17. The molecular formula is C24H17N3O4S. The van der Waals surface area contributed by atoms with E-state index in [1.807, 2.05) is 37.3 Å². The number of hydrogen-bond acceptors (Lipinski definition) is 6. The second kappa shape index (κ2) is 8.91. The average molecular weight is 443 g/mol. The molecule has 0 aliphatic heterocycles. The van der Waals surface area contributed by atoms with Crippen LogP contribution in [0.3, 0.4) is 0 Å². The van der Waals surface area contributed by atoms with E-state index in [0.29, 0.717) is 11.4 Å². The van der Waals surface area contributed by atoms with Gasteiger partial charge in [0, 0.05) is 22.1 Å². The first-order chi connectivity index (χ1) is 15.4. The molecule has 0 saturated heterocycles. The van der Waals surface area contributed by atoms with Gasteiger partial charge in [-0.05, 0) is 67.1 Å². The summed E-state index contributed by atoms with van der Waals surface area (Å²) in [6.45, 7) is 2.05. The number of carboxylic acids is 2. The predicted molar refractivity (Wildman–Crippen MR) is 123 cm³/mol. The van der Waals surface area contributed by atoms with E-state index in [1.54, 1.807) is 17.5 Å². The SMILES string of the molecule is Cc1ccc(/C=C/c2ccnc(-c3cc(C(=O)O)cc(-c4cc(C(=O)O)ccn4)n3)c2)s1. The number of carboxylic acid groups (broad SMARTS) is 2. The molecule has 0 spiro atoms. The van der Waals surface area contributed by atoms with E-state index >= 15 is 0 Å². The number of aromatic carboxylic acids is 2. The molecule has 8 heteroatoms. The maximum atomic E-state index is 11.7. The highest BCUT2D eigenvalue weighted by molar-refractivity contribution is 7.12. The van der Waals surface area contributed by atoms with Gasteiger partial charge in [-0.3, -0.25) is 9.97 Å². The summed E-state index contributed by atoms with van der Waals surface area (Å²) >= 11 is 1.69. The van der Waals surface area contributed by atoms with Crippen LogP contribution in [-0.2, 0) is 0 Å². The maximum absolute atomic E-state index is 11.7. The number of carbonyl (C=O) groups is 2. The van der Waals surface area contributed by atoms with E-state index in [0.717, 1.165) is 10.4 Å². The molecule has 0 aromatic carbocycles. The van der Waals surface area contributed by atoms with Gasteiger partial charge in [-0.15, -0.1) is 11.3 Å². The summed E-state index contributed by atoms with van der Waals surface area (Å²) in [6.07, 6.45) is 6.94. The molecule has 2 N–H and O–H groups in total. The number of thiophene rings is 1. The molecule has 4 aromatic heterocycles. The minimum atomic E-state index is -1.13. The third-order valence-electron chi connectivity index (χ3n) is 4.59. The van der Waals surface area contributed by atoms with E-state index in [1.165, 1.54) is 35.3 Å². The van der Waals surface area contributed by atoms with E-state index < -0.39 is 11.9 Å². The number of aryl methyl sites for hydroxylation is 1. The number of nitrogens with zero attached hydrogens (tertiary/aromatic N) is 3. The van der Waals surface area contributed by atoms with Crippen LogP contribution < -0.4 is 0 Å². The maximum Gasteiger partial charge on any atom is 0.335 e. The monoisotopic (exact) mass is 443 g/mol. The molecule has 4 rings (SSSR count). The zero-order chi connectivity index (χ0) is 22.7. The molecule has 0 unspecified atom stereocenters. The van der Waals surface area contributed by atoms with Crippen molar-refractivity contribution in [2.45, 2.75) is 6.92 Å². The van der Waals surface area contributed by atoms with E-state index in [9.17, 15) is 19.8 Å². The number of pyridine rings is 3. The lowest BCUT2D eigenvalue weighted by molar-refractivity contribution is 0.0686. The summed E-state index contributed by atoms with van der Waals surface area (Å²) in [5, 5.41) is 18.8. The second-order valence-corrected chi connectivity index (χ2v) is 8.24. The van der Waals surface area contributed by atoms with Crippen molar-refractivity contribution in [3.63, 3.8) is 0 Å². The molecule has 0 bridgehead atoms. The third-order valence-corrected chi connectivity index (χ3v) is 5.56. The molecule has 158 valence electrons. The van der Waals surface area contributed by atoms with Gasteiger partial charge in [0.1, 0.15) is 0 Å². The van der Waals surface area contributed by atoms with Crippen molar-refractivity contribution in [1.82, 2.24) is 15.0 Å². The Kier molecular flexibility index (Phi) is 5.87. The molecule has 0 fully saturated rings. The van der Waals surface area contributed by atoms with Crippen molar-refractivity contribution in [3.8, 4) is 22.8 Å². The zero-order valence-electron chi connectivity index (χ0n) is 16.9. The van der Waals surface area contributed by atoms with E-state index in [-0.39, 0.29) is 22.5 Å². The normalized spacial score (nSPS) is 11.0. The molecule has 0 aliphatic carbocycles. The van der Waals surface area contributed by atoms with Crippen molar-refractivity contribution < 1.29 is 19.8 Å². The Morgan fingerprint density at radius 1 is 0.781 bits per heavy atom. The standard InChI is InChI=1S/C24H17N3O4S/c1-14-2-4-18(32-14)5-3-15-6-8-25-19(10-15)21-12-17(24(30)31)13-22(27-21)20-11-16(23(28)29)7-9-26-20/h2-13H,1H3,(H,28,29)(H,30,31)/b5-3+. The highest BCUT2D eigenvalue weighted by atomic mass is 32.1. The first-order valence-electron chi connectivity index (χ1n) is 9.55. The molecule has 0 amide bonds. The molecular weight excluding hydrogens is 426 g/mol. The molecule has 0 saturated carbocycles. The largest absolute Gasteiger partial charge is 0.478 e. The smallest absolute Gasteiger partial charge is 0.335 e. The van der Waals surface area contributed by atoms with Crippen LogP contribution in [0.5, 0.6) is 0 Å². The topological polar surface area (TPSA) is 113 Å². The van der Waals surface area contributed by atoms with Gasteiger partial charge in [-0.2, -0.15) is 0 Å². The highest BCUT2D eigenvalue weighted by Gasteiger charge is 2.14. The van der Waals surface area contributed by atoms with Crippen molar-refractivity contribution in [1.29, 1.82) is 0 Å². The molecule has 0 aliphatic rings. The quantitative estimate of drug-likeness (QED) is 0.424. The lowest BCUT2D eigenvalue weighted by atomic mass is 10.1. The van der Waals surface area contributed by atoms with Crippen LogP contribution in [0, 0.1) is 6.92 Å². The molecule has 0 atom stereocenters. The van der Waals surface area contributed by atoms with Crippen LogP contribution in [0.1, 0.15) is 36.0 Å². The summed E-state index contributed by atoms with van der Waals surface area (Å²) in [5.74, 6) is -2.24. The fourth-order valence-corrected chi connectivity index (χ4v) is 3.81. The van der Waals surface area contributed by atoms with Gasteiger partial charge in [0.25, 0.3) is 0 Å². The summed E-state index contributed by atoms with van der Waals surface area (Å²) in [7, 11) is 0. The van der Waals surface area contributed by atoms with Crippen molar-refractivity contribution in [3.05, 3.63) is 87.4 Å². The fraction of sp³-hybridized carbons (Fsp3) is 0.0417. The highest BCUT2D eigenvalue weighted by Crippen LogP contribution is 2.25. The minimum Gasteiger partial charge on any atom is -0.478 e. The number of aromatic nitrogens is 3. The average Bonchev–Trinajstić information content (AvgIpc) is 3.22. The van der Waals surface area contributed by atoms with Crippen LogP contribution in [0.15, 0.2) is 60.9 Å². The van der Waals surface area contributed by atoms with Gasteiger partial charge in [0.2, 0.25) is 0 Å². The Bertz CT molecular complexity index is 1360. The Morgan fingerprint density at radius 3 is 2.03 bits per heavy atom. The summed E-state index contributed by atoms with van der Waals surface area (Å²) in [6, 6.07) is 13.3. The molecule has 32 heavy (non-hydrogen) atoms. The van der Waals surface area contributed by atoms with Crippen molar-refractivity contribution in [2.75, 3.05) is 0 Å². The van der Waals surface area contributed by atoms with Gasteiger partial charge in [-0.1, -0.05) is 6.08 Å². The summed E-state index contributed by atoms with van der Waals surface area (Å²) < 4.78 is 0. The Balaban J connectivity index is 1.75. The van der Waals surface area contributed by atoms with Crippen molar-refractivity contribution in [2.24, 2.45) is 0 Å². The number of hydrogen-bond donors (Lipinski definition) is 2. The van der Waals surface area contributed by atoms with Crippen LogP contribution in [0.2, 0.25) is 0 Å². The second-order valence-electron chi connectivity index (χ2n) is 6.92. The van der Waals surface area contributed by atoms with E-state index in [2.05, 4.69) is 21.0 Å². The fourth-order valence-electron chi connectivity index (χ4n) is 3.03. The van der Waals surface area contributed by atoms with E-state index in [4.69, 9.17) is 0 Å². The van der Waals surface area contributed by atoms with Gasteiger partial charge >= 0.3 is 11.9 Å². The first kappa shape index (κ1) is 21.1. The minimum absolute atomic E-state index is 0.00401. The third kappa shape index (κ3) is 4.76. The van der Waals surface area contributed by atoms with Gasteiger partial charge in [-0.25, -0.2) is 14.6 Å². The van der Waals surface area contributed by atoms with Crippen LogP contribution in [0.25, 0.3) is 34.9 Å². The Morgan fingerprint density at radius 2 is 1.41 bits per heavy atom. The Labute approximate surface area is 187 Å². The number of rotatable bonds is 6. The molecule has 4 aromatic rings. The molecule has 4 heterocycles. The summed E-state index contributed by atoms with van der Waals surface area (Å²) in [4.78, 5) is 38.4. The first-order valence-corrected chi connectivity index (χ1v) is 10.4. The zero-order valence-corrected chi connectivity index (χ0v) is 17.7. The lowest BCUT2D eigenvalue weighted by Gasteiger charge is -2.08. The lowest BCUT2D eigenvalue weighted by Crippen LogP contribution is -2.02. The molecule has 0 radical (unpaired) electrons. The molecule has 7 nitrogen and oxygen atoms in total. The van der Waals surface area contributed by atoms with Crippen LogP contribution in [0.4, 0.5) is 0 Å². The predicted octanol–water partition coefficient (Wildman–Crippen LogP) is 5.14. The van der Waals surface area contributed by atoms with Gasteiger partial charge in [0.05, 0.1) is 33.9 Å². The van der Waals surface area contributed by atoms with Crippen LogP contribution >= 0.6 is 11.3 Å². The van der Waals surface area contributed by atoms with Crippen molar-refractivity contribution >= 4 is 35.4 Å².